The average Bonchev–Trinajstić information content (AvgIpc) is 2.70. The van der Waals surface area contributed by atoms with Crippen LogP contribution in [0.5, 0.6) is 0 Å². The number of piperazine rings is 1. The van der Waals surface area contributed by atoms with Gasteiger partial charge < -0.3 is 16.0 Å². The van der Waals surface area contributed by atoms with Crippen molar-refractivity contribution in [1.82, 2.24) is 15.1 Å². The van der Waals surface area contributed by atoms with Crippen LogP contribution in [0.4, 0.5) is 5.69 Å². The molecule has 4 N–H and O–H groups in total. The summed E-state index contributed by atoms with van der Waals surface area (Å²) < 4.78 is 0. The molecule has 1 unspecified atom stereocenters. The van der Waals surface area contributed by atoms with Crippen molar-refractivity contribution in [2.45, 2.75) is 44.7 Å². The maximum Gasteiger partial charge on any atom is 0.249 e. The summed E-state index contributed by atoms with van der Waals surface area (Å²) in [6, 6.07) is 7.95. The molecule has 2 aliphatic rings. The minimum Gasteiger partial charge on any atom is -0.374 e. The van der Waals surface area contributed by atoms with Crippen LogP contribution in [0.1, 0.15) is 37.7 Å². The lowest BCUT2D eigenvalue weighted by atomic mass is 10.1. The van der Waals surface area contributed by atoms with Gasteiger partial charge in [0.25, 0.3) is 0 Å². The number of halogens is 1. The first kappa shape index (κ1) is 23.6. The summed E-state index contributed by atoms with van der Waals surface area (Å²) in [5.41, 5.74) is 7.75. The van der Waals surface area contributed by atoms with E-state index in [1.54, 1.807) is 0 Å². The smallest absolute Gasteiger partial charge is 0.249 e. The molecule has 2 amide bonds. The summed E-state index contributed by atoms with van der Waals surface area (Å²) in [7, 11) is 0. The highest BCUT2D eigenvalue weighted by molar-refractivity contribution is 6.01. The first-order valence-electron chi connectivity index (χ1n) is 10.5. The third kappa shape index (κ3) is 7.59. The van der Waals surface area contributed by atoms with E-state index in [0.29, 0.717) is 12.8 Å². The molecule has 1 atom stereocenters. The summed E-state index contributed by atoms with van der Waals surface area (Å²) in [5, 5.41) is 5.60. The Labute approximate surface area is 179 Å². The fourth-order valence-electron chi connectivity index (χ4n) is 3.82. The number of hydrogen-bond donors (Lipinski definition) is 3. The lowest BCUT2D eigenvalue weighted by Gasteiger charge is -2.34. The number of hydrogen-bond acceptors (Lipinski definition) is 6. The highest BCUT2D eigenvalue weighted by Crippen LogP contribution is 2.16. The van der Waals surface area contributed by atoms with Crippen molar-refractivity contribution in [2.75, 3.05) is 44.6 Å². The number of anilines is 1. The standard InChI is InChI=1S/C21H33N5O2.ClH/c22-10-2-1-3-11-25-12-14-26(15-13-25)16-17-4-6-18(7-5-17)23-19-8-9-20(27)24-21(19)28;/h4-7,19,23H,1-3,8-16,22H2,(H,24,27,28);1H. The Bertz CT molecular complexity index is 647. The molecule has 29 heavy (non-hydrogen) atoms. The number of nitrogens with one attached hydrogen (secondary N) is 2. The Morgan fingerprint density at radius 3 is 2.34 bits per heavy atom. The lowest BCUT2D eigenvalue weighted by Crippen LogP contribution is -2.47. The third-order valence-corrected chi connectivity index (χ3v) is 5.58. The summed E-state index contributed by atoms with van der Waals surface area (Å²) in [4.78, 5) is 28.1. The van der Waals surface area contributed by atoms with Crippen LogP contribution in [-0.4, -0.2) is 66.9 Å². The zero-order valence-corrected chi connectivity index (χ0v) is 17.9. The molecule has 0 bridgehead atoms. The molecular formula is C21H34ClN5O2. The van der Waals surface area contributed by atoms with Crippen LogP contribution >= 0.6 is 12.4 Å². The van der Waals surface area contributed by atoms with Gasteiger partial charge in [-0.25, -0.2) is 0 Å². The molecule has 8 heteroatoms. The van der Waals surface area contributed by atoms with Crippen molar-refractivity contribution in [1.29, 1.82) is 0 Å². The third-order valence-electron chi connectivity index (χ3n) is 5.58. The zero-order chi connectivity index (χ0) is 19.8. The van der Waals surface area contributed by atoms with Crippen LogP contribution in [-0.2, 0) is 16.1 Å². The monoisotopic (exact) mass is 423 g/mol. The number of nitrogens with two attached hydrogens (primary N) is 1. The number of unbranched alkanes of at least 4 members (excludes halogenated alkanes) is 2. The minimum absolute atomic E-state index is 0. The summed E-state index contributed by atoms with van der Waals surface area (Å²) in [5.74, 6) is -0.421. The van der Waals surface area contributed by atoms with Crippen molar-refractivity contribution in [3.63, 3.8) is 0 Å². The molecule has 1 aromatic carbocycles. The number of imide groups is 1. The van der Waals surface area contributed by atoms with E-state index in [1.807, 2.05) is 12.1 Å². The maximum absolute atomic E-state index is 11.9. The average molecular weight is 424 g/mol. The van der Waals surface area contributed by atoms with Gasteiger partial charge in [-0.05, 0) is 50.0 Å². The van der Waals surface area contributed by atoms with Crippen molar-refractivity contribution in [3.05, 3.63) is 29.8 Å². The van der Waals surface area contributed by atoms with E-state index in [2.05, 4.69) is 32.6 Å². The lowest BCUT2D eigenvalue weighted by molar-refractivity contribution is -0.133. The topological polar surface area (TPSA) is 90.7 Å². The van der Waals surface area contributed by atoms with Crippen molar-refractivity contribution >= 4 is 29.9 Å². The summed E-state index contributed by atoms with van der Waals surface area (Å²) in [6.07, 6.45) is 4.55. The van der Waals surface area contributed by atoms with E-state index in [-0.39, 0.29) is 30.3 Å². The van der Waals surface area contributed by atoms with E-state index in [9.17, 15) is 9.59 Å². The molecule has 2 heterocycles. The van der Waals surface area contributed by atoms with Crippen LogP contribution in [0.25, 0.3) is 0 Å². The van der Waals surface area contributed by atoms with Crippen LogP contribution in [0, 0.1) is 0 Å². The Morgan fingerprint density at radius 1 is 1.00 bits per heavy atom. The van der Waals surface area contributed by atoms with Gasteiger partial charge in [0, 0.05) is 44.8 Å². The first-order chi connectivity index (χ1) is 13.6. The highest BCUT2D eigenvalue weighted by atomic mass is 35.5. The van der Waals surface area contributed by atoms with Gasteiger partial charge in [-0.15, -0.1) is 12.4 Å². The Morgan fingerprint density at radius 2 is 1.69 bits per heavy atom. The van der Waals surface area contributed by atoms with Crippen LogP contribution < -0.4 is 16.4 Å². The van der Waals surface area contributed by atoms with Crippen LogP contribution in [0.2, 0.25) is 0 Å². The number of carbonyl (C=O) groups excluding carboxylic acids is 2. The molecule has 0 aliphatic carbocycles. The summed E-state index contributed by atoms with van der Waals surface area (Å²) >= 11 is 0. The predicted octanol–water partition coefficient (Wildman–Crippen LogP) is 1.57. The number of carbonyl (C=O) groups is 2. The second-order valence-corrected chi connectivity index (χ2v) is 7.81. The van der Waals surface area contributed by atoms with E-state index in [0.717, 1.165) is 51.4 Å². The molecule has 0 radical (unpaired) electrons. The van der Waals surface area contributed by atoms with E-state index in [1.165, 1.54) is 24.9 Å². The molecule has 0 spiro atoms. The van der Waals surface area contributed by atoms with Gasteiger partial charge in [-0.2, -0.15) is 0 Å². The quantitative estimate of drug-likeness (QED) is 0.412. The van der Waals surface area contributed by atoms with E-state index < -0.39 is 0 Å². The number of rotatable bonds is 9. The SMILES string of the molecule is Cl.NCCCCCN1CCN(Cc2ccc(NC3CCC(=O)NC3=O)cc2)CC1. The Kier molecular flexibility index (Phi) is 9.87. The van der Waals surface area contributed by atoms with Crippen molar-refractivity contribution in [3.8, 4) is 0 Å². The molecular weight excluding hydrogens is 390 g/mol. The maximum atomic E-state index is 11.9. The molecule has 2 fully saturated rings. The summed E-state index contributed by atoms with van der Waals surface area (Å²) in [6.45, 7) is 7.43. The van der Waals surface area contributed by atoms with Crippen molar-refractivity contribution < 1.29 is 9.59 Å². The number of nitrogens with zero attached hydrogens (tertiary/aromatic N) is 2. The second-order valence-electron chi connectivity index (χ2n) is 7.81. The first-order valence-corrected chi connectivity index (χ1v) is 10.5. The second kappa shape index (κ2) is 12.1. The van der Waals surface area contributed by atoms with E-state index in [4.69, 9.17) is 5.73 Å². The van der Waals surface area contributed by atoms with Gasteiger partial charge in [0.05, 0.1) is 0 Å². The largest absolute Gasteiger partial charge is 0.374 e. The van der Waals surface area contributed by atoms with Gasteiger partial charge in [-0.3, -0.25) is 19.8 Å². The number of amides is 2. The predicted molar refractivity (Wildman–Crippen MR) is 118 cm³/mol. The Balaban J connectivity index is 0.00000300. The molecule has 0 aromatic heterocycles. The van der Waals surface area contributed by atoms with Crippen LogP contribution in [0.15, 0.2) is 24.3 Å². The van der Waals surface area contributed by atoms with E-state index >= 15 is 0 Å². The number of benzene rings is 1. The molecule has 2 saturated heterocycles. The highest BCUT2D eigenvalue weighted by Gasteiger charge is 2.26. The normalized spacial score (nSPS) is 20.8. The fraction of sp³-hybridized carbons (Fsp3) is 0.619. The molecule has 7 nitrogen and oxygen atoms in total. The molecule has 3 rings (SSSR count). The van der Waals surface area contributed by atoms with Gasteiger partial charge in [0.15, 0.2) is 0 Å². The van der Waals surface area contributed by atoms with Gasteiger partial charge in [0.2, 0.25) is 11.8 Å². The van der Waals surface area contributed by atoms with Gasteiger partial charge >= 0.3 is 0 Å². The van der Waals surface area contributed by atoms with Gasteiger partial charge in [0.1, 0.15) is 6.04 Å². The molecule has 1 aromatic rings. The zero-order valence-electron chi connectivity index (χ0n) is 17.1. The minimum atomic E-state index is -0.332. The van der Waals surface area contributed by atoms with Crippen molar-refractivity contribution in [2.24, 2.45) is 5.73 Å². The Hall–Kier alpha value is -1.67. The fourth-order valence-corrected chi connectivity index (χ4v) is 3.82. The number of piperidine rings is 1. The van der Waals surface area contributed by atoms with Gasteiger partial charge in [-0.1, -0.05) is 18.6 Å². The molecule has 0 saturated carbocycles. The van der Waals surface area contributed by atoms with Crippen LogP contribution in [0.3, 0.4) is 0 Å². The molecule has 2 aliphatic heterocycles. The molecule has 162 valence electrons.